The molecule has 0 saturated heterocycles. The third kappa shape index (κ3) is 3.26. The van der Waals surface area contributed by atoms with Crippen LogP contribution in [0.4, 0.5) is 0 Å². The molecule has 0 unspecified atom stereocenters. The van der Waals surface area contributed by atoms with Crippen molar-refractivity contribution in [3.05, 3.63) is 23.8 Å². The van der Waals surface area contributed by atoms with Crippen molar-refractivity contribution in [3.8, 4) is 11.5 Å². The van der Waals surface area contributed by atoms with Crippen LogP contribution < -0.4 is 9.47 Å². The molecule has 0 amide bonds. The number of aliphatic imine (C=N–C) groups is 1. The second-order valence-electron chi connectivity index (χ2n) is 3.47. The van der Waals surface area contributed by atoms with Crippen LogP contribution in [0.3, 0.4) is 0 Å². The molecule has 0 bridgehead atoms. The summed E-state index contributed by atoms with van der Waals surface area (Å²) >= 11 is 0. The number of hydrogen-bond donors (Lipinski definition) is 0. The molecule has 3 heteroatoms. The molecule has 0 atom stereocenters. The minimum absolute atomic E-state index is 0.738. The van der Waals surface area contributed by atoms with Crippen molar-refractivity contribution in [2.75, 3.05) is 20.8 Å². The summed E-state index contributed by atoms with van der Waals surface area (Å²) in [6.45, 7) is 3.01. The molecular weight excluding hydrogens is 202 g/mol. The molecule has 0 aliphatic rings. The second-order valence-corrected chi connectivity index (χ2v) is 3.47. The van der Waals surface area contributed by atoms with Crippen LogP contribution in [0, 0.1) is 0 Å². The first-order chi connectivity index (χ1) is 7.83. The van der Waals surface area contributed by atoms with Gasteiger partial charge in [0.1, 0.15) is 0 Å². The SMILES string of the molecule is CCCC/N=C\c1cccc(OC)c1OC. The van der Waals surface area contributed by atoms with Crippen molar-refractivity contribution in [3.63, 3.8) is 0 Å². The van der Waals surface area contributed by atoms with E-state index in [9.17, 15) is 0 Å². The maximum absolute atomic E-state index is 5.31. The Hall–Kier alpha value is -1.51. The number of para-hydroxylation sites is 1. The lowest BCUT2D eigenvalue weighted by molar-refractivity contribution is 0.354. The van der Waals surface area contributed by atoms with Gasteiger partial charge in [0.25, 0.3) is 0 Å². The first-order valence-corrected chi connectivity index (χ1v) is 5.54. The van der Waals surface area contributed by atoms with Gasteiger partial charge in [0.05, 0.1) is 14.2 Å². The van der Waals surface area contributed by atoms with Crippen molar-refractivity contribution in [2.24, 2.45) is 4.99 Å². The highest BCUT2D eigenvalue weighted by Gasteiger charge is 2.06. The van der Waals surface area contributed by atoms with E-state index < -0.39 is 0 Å². The van der Waals surface area contributed by atoms with Crippen LogP contribution >= 0.6 is 0 Å². The fourth-order valence-electron chi connectivity index (χ4n) is 1.43. The van der Waals surface area contributed by atoms with Gasteiger partial charge in [0.15, 0.2) is 11.5 Å². The molecule has 0 saturated carbocycles. The quantitative estimate of drug-likeness (QED) is 0.546. The van der Waals surface area contributed by atoms with Gasteiger partial charge >= 0.3 is 0 Å². The summed E-state index contributed by atoms with van der Waals surface area (Å²) in [6.07, 6.45) is 4.12. The minimum Gasteiger partial charge on any atom is -0.493 e. The van der Waals surface area contributed by atoms with E-state index >= 15 is 0 Å². The fraction of sp³-hybridized carbons (Fsp3) is 0.462. The monoisotopic (exact) mass is 221 g/mol. The predicted octanol–water partition coefficient (Wildman–Crippen LogP) is 2.92. The van der Waals surface area contributed by atoms with Gasteiger partial charge in [0.2, 0.25) is 0 Å². The van der Waals surface area contributed by atoms with Gasteiger partial charge in [-0.1, -0.05) is 19.4 Å². The number of rotatable bonds is 6. The van der Waals surface area contributed by atoms with Crippen LogP contribution in [0.15, 0.2) is 23.2 Å². The number of unbranched alkanes of at least 4 members (excludes halogenated alkanes) is 1. The molecule has 0 spiro atoms. The van der Waals surface area contributed by atoms with E-state index in [4.69, 9.17) is 9.47 Å². The lowest BCUT2D eigenvalue weighted by Crippen LogP contribution is -1.95. The molecule has 16 heavy (non-hydrogen) atoms. The van der Waals surface area contributed by atoms with Crippen LogP contribution in [0.25, 0.3) is 0 Å². The van der Waals surface area contributed by atoms with Crippen LogP contribution in [0.1, 0.15) is 25.3 Å². The summed E-state index contributed by atoms with van der Waals surface area (Å²) in [4.78, 5) is 4.35. The Bertz CT molecular complexity index is 348. The largest absolute Gasteiger partial charge is 0.493 e. The lowest BCUT2D eigenvalue weighted by Gasteiger charge is -2.09. The maximum atomic E-state index is 5.31. The van der Waals surface area contributed by atoms with Crippen LogP contribution in [-0.2, 0) is 0 Å². The molecule has 1 rings (SSSR count). The number of hydrogen-bond acceptors (Lipinski definition) is 3. The number of ether oxygens (including phenoxy) is 2. The zero-order chi connectivity index (χ0) is 11.8. The third-order valence-electron chi connectivity index (χ3n) is 2.30. The molecule has 88 valence electrons. The zero-order valence-corrected chi connectivity index (χ0v) is 10.2. The van der Waals surface area contributed by atoms with Crippen molar-refractivity contribution >= 4 is 6.21 Å². The predicted molar refractivity (Wildman–Crippen MR) is 66.9 cm³/mol. The Labute approximate surface area is 97.1 Å². The first-order valence-electron chi connectivity index (χ1n) is 5.54. The molecule has 3 nitrogen and oxygen atoms in total. The normalized spacial score (nSPS) is 10.7. The standard InChI is InChI=1S/C13H19NO2/c1-4-5-9-14-10-11-7-6-8-12(15-2)13(11)16-3/h6-8,10H,4-5,9H2,1-3H3/b14-10-. The third-order valence-corrected chi connectivity index (χ3v) is 2.30. The van der Waals surface area contributed by atoms with Gasteiger partial charge in [-0.15, -0.1) is 0 Å². The summed E-state index contributed by atoms with van der Waals surface area (Å²) in [7, 11) is 3.27. The van der Waals surface area contributed by atoms with Crippen molar-refractivity contribution in [1.29, 1.82) is 0 Å². The molecule has 0 N–H and O–H groups in total. The van der Waals surface area contributed by atoms with E-state index in [-0.39, 0.29) is 0 Å². The Balaban J connectivity index is 2.82. The molecule has 0 aliphatic heterocycles. The Morgan fingerprint density at radius 2 is 2.06 bits per heavy atom. The molecule has 0 aliphatic carbocycles. The Kier molecular flexibility index (Phi) is 5.40. The highest BCUT2D eigenvalue weighted by atomic mass is 16.5. The van der Waals surface area contributed by atoms with Gasteiger partial charge in [-0.05, 0) is 18.6 Å². The molecule has 0 radical (unpaired) electrons. The topological polar surface area (TPSA) is 30.8 Å². The van der Waals surface area contributed by atoms with Crippen molar-refractivity contribution < 1.29 is 9.47 Å². The highest BCUT2D eigenvalue weighted by molar-refractivity contribution is 5.85. The highest BCUT2D eigenvalue weighted by Crippen LogP contribution is 2.29. The Morgan fingerprint density at radius 1 is 1.25 bits per heavy atom. The van der Waals surface area contributed by atoms with Crippen LogP contribution in [-0.4, -0.2) is 27.0 Å². The lowest BCUT2D eigenvalue weighted by atomic mass is 10.2. The van der Waals surface area contributed by atoms with Gasteiger partial charge in [0, 0.05) is 18.3 Å². The molecule has 0 heterocycles. The van der Waals surface area contributed by atoms with Gasteiger partial charge in [-0.2, -0.15) is 0 Å². The number of nitrogens with zero attached hydrogens (tertiary/aromatic N) is 1. The second kappa shape index (κ2) is 6.88. The van der Waals surface area contributed by atoms with Crippen LogP contribution in [0.5, 0.6) is 11.5 Å². The van der Waals surface area contributed by atoms with E-state index in [0.717, 1.165) is 36.4 Å². The summed E-state index contributed by atoms with van der Waals surface area (Å²) in [6, 6.07) is 5.78. The van der Waals surface area contributed by atoms with E-state index in [1.807, 2.05) is 24.4 Å². The van der Waals surface area contributed by atoms with E-state index in [0.29, 0.717) is 0 Å². The van der Waals surface area contributed by atoms with Gasteiger partial charge < -0.3 is 9.47 Å². The number of benzene rings is 1. The summed E-state index contributed by atoms with van der Waals surface area (Å²) < 4.78 is 10.5. The maximum Gasteiger partial charge on any atom is 0.169 e. The summed E-state index contributed by atoms with van der Waals surface area (Å²) in [5.74, 6) is 1.48. The van der Waals surface area contributed by atoms with Crippen molar-refractivity contribution in [1.82, 2.24) is 0 Å². The smallest absolute Gasteiger partial charge is 0.169 e. The molecular formula is C13H19NO2. The molecule has 0 aromatic heterocycles. The van der Waals surface area contributed by atoms with E-state index in [1.54, 1.807) is 14.2 Å². The molecule has 1 aromatic carbocycles. The fourth-order valence-corrected chi connectivity index (χ4v) is 1.43. The molecule has 0 fully saturated rings. The van der Waals surface area contributed by atoms with Crippen LogP contribution in [0.2, 0.25) is 0 Å². The average Bonchev–Trinajstić information content (AvgIpc) is 2.34. The zero-order valence-electron chi connectivity index (χ0n) is 10.2. The van der Waals surface area contributed by atoms with Gasteiger partial charge in [-0.3, -0.25) is 4.99 Å². The minimum atomic E-state index is 0.738. The van der Waals surface area contributed by atoms with E-state index in [2.05, 4.69) is 11.9 Å². The number of methoxy groups -OCH3 is 2. The summed E-state index contributed by atoms with van der Waals surface area (Å²) in [5.41, 5.74) is 0.956. The van der Waals surface area contributed by atoms with E-state index in [1.165, 1.54) is 0 Å². The summed E-state index contributed by atoms with van der Waals surface area (Å²) in [5, 5.41) is 0. The first kappa shape index (κ1) is 12.6. The average molecular weight is 221 g/mol. The van der Waals surface area contributed by atoms with Gasteiger partial charge in [-0.25, -0.2) is 0 Å². The Morgan fingerprint density at radius 3 is 2.69 bits per heavy atom. The van der Waals surface area contributed by atoms with Crippen molar-refractivity contribution in [2.45, 2.75) is 19.8 Å². The molecule has 1 aromatic rings.